The third-order valence-electron chi connectivity index (χ3n) is 4.45. The van der Waals surface area contributed by atoms with Gasteiger partial charge in [-0.25, -0.2) is 0 Å². The van der Waals surface area contributed by atoms with Crippen LogP contribution in [0, 0.1) is 5.92 Å². The standard InChI is InChI=1S/C15H28N2O3/c1-11(18)9-17-6-4-13(5-7-17)10-16(3)14-8-12(2)20-15(14)19/h11-14,18H,4-10H2,1-3H3/t11-,12-,14-/m0/s1. The van der Waals surface area contributed by atoms with Crippen LogP contribution < -0.4 is 0 Å². The molecule has 0 aromatic carbocycles. The lowest BCUT2D eigenvalue weighted by molar-refractivity contribution is -0.144. The van der Waals surface area contributed by atoms with Crippen LogP contribution in [0.5, 0.6) is 0 Å². The SMILES string of the molecule is C[C@H](O)CN1CCC(CN(C)[C@H]2C[C@H](C)OC2=O)CC1. The van der Waals surface area contributed by atoms with E-state index in [1.165, 1.54) is 0 Å². The van der Waals surface area contributed by atoms with Gasteiger partial charge in [0.25, 0.3) is 0 Å². The molecule has 0 aliphatic carbocycles. The number of hydrogen-bond acceptors (Lipinski definition) is 5. The first-order chi connectivity index (χ1) is 9.45. The van der Waals surface area contributed by atoms with E-state index in [4.69, 9.17) is 4.74 Å². The molecular weight excluding hydrogens is 256 g/mol. The minimum atomic E-state index is -0.246. The molecule has 5 nitrogen and oxygen atoms in total. The van der Waals surface area contributed by atoms with Gasteiger partial charge in [-0.2, -0.15) is 0 Å². The van der Waals surface area contributed by atoms with E-state index in [-0.39, 0.29) is 24.2 Å². The molecule has 0 aromatic rings. The van der Waals surface area contributed by atoms with Crippen LogP contribution in [0.1, 0.15) is 33.1 Å². The second kappa shape index (κ2) is 6.87. The molecule has 3 atom stereocenters. The van der Waals surface area contributed by atoms with Crippen molar-refractivity contribution >= 4 is 5.97 Å². The van der Waals surface area contributed by atoms with Gasteiger partial charge in [0.05, 0.1) is 6.10 Å². The molecule has 0 spiro atoms. The number of piperidine rings is 1. The van der Waals surface area contributed by atoms with Crippen LogP contribution in [0.15, 0.2) is 0 Å². The third-order valence-corrected chi connectivity index (χ3v) is 4.45. The number of nitrogens with zero attached hydrogens (tertiary/aromatic N) is 2. The van der Waals surface area contributed by atoms with Gasteiger partial charge >= 0.3 is 5.97 Å². The summed E-state index contributed by atoms with van der Waals surface area (Å²) < 4.78 is 5.23. The number of cyclic esters (lactones) is 1. The van der Waals surface area contributed by atoms with Gasteiger partial charge in [-0.05, 0) is 52.7 Å². The summed E-state index contributed by atoms with van der Waals surface area (Å²) in [5, 5.41) is 9.41. The molecule has 2 heterocycles. The topological polar surface area (TPSA) is 53.0 Å². The molecule has 5 heteroatoms. The summed E-state index contributed by atoms with van der Waals surface area (Å²) in [6, 6.07) is -0.0551. The van der Waals surface area contributed by atoms with Crippen LogP contribution in [-0.2, 0) is 9.53 Å². The Morgan fingerprint density at radius 3 is 2.60 bits per heavy atom. The monoisotopic (exact) mass is 284 g/mol. The number of aliphatic hydroxyl groups excluding tert-OH is 1. The smallest absolute Gasteiger partial charge is 0.323 e. The number of ether oxygens (including phenoxy) is 1. The third kappa shape index (κ3) is 4.17. The summed E-state index contributed by atoms with van der Waals surface area (Å²) >= 11 is 0. The molecule has 0 bridgehead atoms. The van der Waals surface area contributed by atoms with Gasteiger partial charge < -0.3 is 14.7 Å². The second-order valence-corrected chi connectivity index (χ2v) is 6.53. The largest absolute Gasteiger partial charge is 0.461 e. The maximum atomic E-state index is 11.7. The van der Waals surface area contributed by atoms with Gasteiger partial charge in [0.2, 0.25) is 0 Å². The van der Waals surface area contributed by atoms with E-state index in [9.17, 15) is 9.90 Å². The summed E-state index contributed by atoms with van der Waals surface area (Å²) in [6.07, 6.45) is 2.92. The summed E-state index contributed by atoms with van der Waals surface area (Å²) in [5.41, 5.74) is 0. The Hall–Kier alpha value is -0.650. The zero-order valence-corrected chi connectivity index (χ0v) is 12.9. The summed E-state index contributed by atoms with van der Waals surface area (Å²) in [5.74, 6) is 0.584. The Labute approximate surface area is 121 Å². The Morgan fingerprint density at radius 1 is 1.45 bits per heavy atom. The van der Waals surface area contributed by atoms with Crippen molar-refractivity contribution in [3.63, 3.8) is 0 Å². The summed E-state index contributed by atoms with van der Waals surface area (Å²) in [6.45, 7) is 7.64. The maximum absolute atomic E-state index is 11.7. The number of β-amino-alcohol motifs (C(OH)–C–C–N with tert-alkyl or cyclic N) is 1. The van der Waals surface area contributed by atoms with Crippen LogP contribution in [-0.4, -0.2) is 72.4 Å². The van der Waals surface area contributed by atoms with Crippen molar-refractivity contribution in [1.82, 2.24) is 9.80 Å². The predicted molar refractivity (Wildman–Crippen MR) is 77.4 cm³/mol. The Kier molecular flexibility index (Phi) is 5.41. The van der Waals surface area contributed by atoms with E-state index in [0.717, 1.165) is 45.4 Å². The van der Waals surface area contributed by atoms with E-state index < -0.39 is 0 Å². The molecule has 2 saturated heterocycles. The van der Waals surface area contributed by atoms with Crippen molar-refractivity contribution in [3.05, 3.63) is 0 Å². The normalized spacial score (nSPS) is 30.8. The molecule has 1 N–H and O–H groups in total. The van der Waals surface area contributed by atoms with E-state index in [1.54, 1.807) is 0 Å². The lowest BCUT2D eigenvalue weighted by Gasteiger charge is -2.35. The fourth-order valence-corrected chi connectivity index (χ4v) is 3.36. The molecule has 20 heavy (non-hydrogen) atoms. The molecule has 2 rings (SSSR count). The van der Waals surface area contributed by atoms with Gasteiger partial charge in [0.15, 0.2) is 0 Å². The highest BCUT2D eigenvalue weighted by atomic mass is 16.6. The summed E-state index contributed by atoms with van der Waals surface area (Å²) in [4.78, 5) is 16.2. The van der Waals surface area contributed by atoms with Crippen LogP contribution >= 0.6 is 0 Å². The number of likely N-dealkylation sites (tertiary alicyclic amines) is 1. The molecule has 116 valence electrons. The number of hydrogen-bond donors (Lipinski definition) is 1. The number of carbonyl (C=O) groups is 1. The van der Waals surface area contributed by atoms with Crippen molar-refractivity contribution in [2.75, 3.05) is 33.2 Å². The Bertz CT molecular complexity index is 327. The van der Waals surface area contributed by atoms with Gasteiger partial charge in [0.1, 0.15) is 12.1 Å². The molecular formula is C15H28N2O3. The summed E-state index contributed by atoms with van der Waals surface area (Å²) in [7, 11) is 2.03. The van der Waals surface area contributed by atoms with Crippen molar-refractivity contribution in [1.29, 1.82) is 0 Å². The first kappa shape index (κ1) is 15.7. The van der Waals surface area contributed by atoms with E-state index in [0.29, 0.717) is 5.92 Å². The van der Waals surface area contributed by atoms with Gasteiger partial charge in [-0.1, -0.05) is 0 Å². The highest BCUT2D eigenvalue weighted by molar-refractivity contribution is 5.77. The molecule has 0 amide bonds. The van der Waals surface area contributed by atoms with Crippen LogP contribution in [0.4, 0.5) is 0 Å². The van der Waals surface area contributed by atoms with Crippen molar-refractivity contribution in [2.45, 2.75) is 51.4 Å². The fourth-order valence-electron chi connectivity index (χ4n) is 3.36. The number of likely N-dealkylation sites (N-methyl/N-ethyl adjacent to an activating group) is 1. The number of rotatable bonds is 5. The lowest BCUT2D eigenvalue weighted by Crippen LogP contribution is -2.43. The number of aliphatic hydroxyl groups is 1. The predicted octanol–water partition coefficient (Wildman–Crippen LogP) is 0.715. The van der Waals surface area contributed by atoms with Crippen molar-refractivity contribution in [3.8, 4) is 0 Å². The molecule has 0 aromatic heterocycles. The van der Waals surface area contributed by atoms with Crippen molar-refractivity contribution in [2.24, 2.45) is 5.92 Å². The quantitative estimate of drug-likeness (QED) is 0.754. The van der Waals surface area contributed by atoms with Gasteiger partial charge in [0, 0.05) is 19.5 Å². The average molecular weight is 284 g/mol. The van der Waals surface area contributed by atoms with Gasteiger partial charge in [-0.15, -0.1) is 0 Å². The molecule has 2 fully saturated rings. The first-order valence-electron chi connectivity index (χ1n) is 7.77. The number of carbonyl (C=O) groups excluding carboxylic acids is 1. The zero-order chi connectivity index (χ0) is 14.7. The zero-order valence-electron chi connectivity index (χ0n) is 12.9. The molecule has 2 aliphatic rings. The van der Waals surface area contributed by atoms with E-state index in [1.807, 2.05) is 20.9 Å². The van der Waals surface area contributed by atoms with Crippen LogP contribution in [0.2, 0.25) is 0 Å². The molecule has 2 aliphatic heterocycles. The molecule has 0 radical (unpaired) electrons. The highest BCUT2D eigenvalue weighted by Gasteiger charge is 2.35. The number of esters is 1. The van der Waals surface area contributed by atoms with Gasteiger partial charge in [-0.3, -0.25) is 9.69 Å². The lowest BCUT2D eigenvalue weighted by atomic mass is 9.95. The molecule has 0 saturated carbocycles. The fraction of sp³-hybridized carbons (Fsp3) is 0.933. The van der Waals surface area contributed by atoms with E-state index in [2.05, 4.69) is 9.80 Å². The average Bonchev–Trinajstić information content (AvgIpc) is 2.70. The Morgan fingerprint density at radius 2 is 2.10 bits per heavy atom. The second-order valence-electron chi connectivity index (χ2n) is 6.53. The highest BCUT2D eigenvalue weighted by Crippen LogP contribution is 2.23. The van der Waals surface area contributed by atoms with Crippen LogP contribution in [0.25, 0.3) is 0 Å². The maximum Gasteiger partial charge on any atom is 0.323 e. The minimum absolute atomic E-state index is 0.0551. The molecule has 0 unspecified atom stereocenters. The van der Waals surface area contributed by atoms with Crippen molar-refractivity contribution < 1.29 is 14.6 Å². The van der Waals surface area contributed by atoms with Crippen LogP contribution in [0.3, 0.4) is 0 Å². The Balaban J connectivity index is 1.73. The minimum Gasteiger partial charge on any atom is -0.461 e. The first-order valence-corrected chi connectivity index (χ1v) is 7.77. The van der Waals surface area contributed by atoms with E-state index >= 15 is 0 Å².